The summed E-state index contributed by atoms with van der Waals surface area (Å²) in [6.07, 6.45) is 2.03. The van der Waals surface area contributed by atoms with E-state index in [-0.39, 0.29) is 23.0 Å². The summed E-state index contributed by atoms with van der Waals surface area (Å²) >= 11 is 0. The van der Waals surface area contributed by atoms with Crippen LogP contribution in [0.25, 0.3) is 10.9 Å². The highest BCUT2D eigenvalue weighted by molar-refractivity contribution is 7.89. The van der Waals surface area contributed by atoms with Crippen LogP contribution in [0.2, 0.25) is 0 Å². The van der Waals surface area contributed by atoms with Gasteiger partial charge in [0.05, 0.1) is 9.82 Å². The molecule has 31 heavy (non-hydrogen) atoms. The molecule has 0 bridgehead atoms. The van der Waals surface area contributed by atoms with E-state index in [1.165, 1.54) is 24.3 Å². The van der Waals surface area contributed by atoms with Gasteiger partial charge in [-0.2, -0.15) is 0 Å². The van der Waals surface area contributed by atoms with Crippen LogP contribution >= 0.6 is 0 Å². The van der Waals surface area contributed by atoms with Crippen molar-refractivity contribution in [3.8, 4) is 0 Å². The van der Waals surface area contributed by atoms with Crippen molar-refractivity contribution >= 4 is 26.6 Å². The van der Waals surface area contributed by atoms with E-state index in [0.717, 1.165) is 22.0 Å². The fourth-order valence-electron chi connectivity index (χ4n) is 3.77. The van der Waals surface area contributed by atoms with Crippen molar-refractivity contribution in [1.82, 2.24) is 9.29 Å². The lowest BCUT2D eigenvalue weighted by Gasteiger charge is -2.18. The SMILES string of the molecule is Cn1cc(C(CNS(=O)(=O)c2ccc([N+](=O)[O-])cc2)c2ccccc2)c2ccccc21. The van der Waals surface area contributed by atoms with Crippen LogP contribution in [0.5, 0.6) is 0 Å². The third kappa shape index (κ3) is 4.21. The number of para-hydroxylation sites is 1. The zero-order chi connectivity index (χ0) is 22.0. The Morgan fingerprint density at radius 3 is 2.29 bits per heavy atom. The highest BCUT2D eigenvalue weighted by Gasteiger charge is 2.23. The molecule has 0 amide bonds. The van der Waals surface area contributed by atoms with Gasteiger partial charge in [-0.25, -0.2) is 13.1 Å². The number of hydrogen-bond donors (Lipinski definition) is 1. The van der Waals surface area contributed by atoms with E-state index in [1.54, 1.807) is 0 Å². The number of benzene rings is 3. The van der Waals surface area contributed by atoms with Gasteiger partial charge < -0.3 is 4.57 Å². The Balaban J connectivity index is 1.68. The number of non-ortho nitro benzene ring substituents is 1. The molecule has 0 aliphatic carbocycles. The first-order chi connectivity index (χ1) is 14.9. The van der Waals surface area contributed by atoms with Crippen molar-refractivity contribution in [3.63, 3.8) is 0 Å². The summed E-state index contributed by atoms with van der Waals surface area (Å²) in [5.74, 6) is -0.208. The minimum Gasteiger partial charge on any atom is -0.350 e. The second kappa shape index (κ2) is 8.33. The number of nitro benzene ring substituents is 1. The molecule has 1 heterocycles. The summed E-state index contributed by atoms with van der Waals surface area (Å²) in [5.41, 5.74) is 2.93. The second-order valence-electron chi connectivity index (χ2n) is 7.28. The maximum atomic E-state index is 12.9. The van der Waals surface area contributed by atoms with E-state index >= 15 is 0 Å². The Bertz CT molecular complexity index is 1330. The topological polar surface area (TPSA) is 94.2 Å². The predicted octanol–water partition coefficient (Wildman–Crippen LogP) is 4.20. The lowest BCUT2D eigenvalue weighted by atomic mass is 9.91. The van der Waals surface area contributed by atoms with E-state index < -0.39 is 14.9 Å². The first-order valence-electron chi connectivity index (χ1n) is 9.70. The average Bonchev–Trinajstić information content (AvgIpc) is 3.11. The number of rotatable bonds is 7. The number of nitrogens with zero attached hydrogens (tertiary/aromatic N) is 2. The molecule has 0 radical (unpaired) electrons. The van der Waals surface area contributed by atoms with Crippen molar-refractivity contribution in [2.45, 2.75) is 10.8 Å². The fourth-order valence-corrected chi connectivity index (χ4v) is 4.81. The molecule has 1 N–H and O–H groups in total. The fraction of sp³-hybridized carbons (Fsp3) is 0.130. The van der Waals surface area contributed by atoms with Crippen LogP contribution in [0.4, 0.5) is 5.69 Å². The van der Waals surface area contributed by atoms with Crippen LogP contribution in [-0.2, 0) is 17.1 Å². The Morgan fingerprint density at radius 2 is 1.61 bits per heavy atom. The molecule has 0 aliphatic heterocycles. The molecule has 0 fully saturated rings. The summed E-state index contributed by atoms with van der Waals surface area (Å²) in [7, 11) is -1.87. The molecule has 1 aromatic heterocycles. The molecule has 4 rings (SSSR count). The Labute approximate surface area is 180 Å². The number of aromatic nitrogens is 1. The normalized spacial score (nSPS) is 12.7. The largest absolute Gasteiger partial charge is 0.350 e. The molecule has 0 saturated heterocycles. The number of hydrogen-bond acceptors (Lipinski definition) is 4. The lowest BCUT2D eigenvalue weighted by molar-refractivity contribution is -0.384. The van der Waals surface area contributed by atoms with Crippen LogP contribution in [0, 0.1) is 10.1 Å². The van der Waals surface area contributed by atoms with Gasteiger partial charge in [0.2, 0.25) is 10.0 Å². The van der Waals surface area contributed by atoms with Gasteiger partial charge in [-0.1, -0.05) is 48.5 Å². The van der Waals surface area contributed by atoms with E-state index in [2.05, 4.69) is 4.72 Å². The molecule has 0 aliphatic rings. The third-order valence-electron chi connectivity index (χ3n) is 5.34. The van der Waals surface area contributed by atoms with Gasteiger partial charge in [0.1, 0.15) is 0 Å². The summed E-state index contributed by atoms with van der Waals surface area (Å²) in [6, 6.07) is 22.6. The average molecular weight is 436 g/mol. The second-order valence-corrected chi connectivity index (χ2v) is 9.05. The number of aryl methyl sites for hydroxylation is 1. The first-order valence-corrected chi connectivity index (χ1v) is 11.2. The van der Waals surface area contributed by atoms with E-state index in [4.69, 9.17) is 0 Å². The molecule has 0 spiro atoms. The summed E-state index contributed by atoms with van der Waals surface area (Å²) < 4.78 is 30.4. The third-order valence-corrected chi connectivity index (χ3v) is 6.78. The molecular formula is C23H21N3O4S. The van der Waals surface area contributed by atoms with Crippen molar-refractivity contribution in [2.75, 3.05) is 6.54 Å². The quantitative estimate of drug-likeness (QED) is 0.348. The Hall–Kier alpha value is -3.49. The number of nitrogens with one attached hydrogen (secondary N) is 1. The van der Waals surface area contributed by atoms with E-state index in [1.807, 2.05) is 72.4 Å². The van der Waals surface area contributed by atoms with Gasteiger partial charge in [-0.15, -0.1) is 0 Å². The van der Waals surface area contributed by atoms with Crippen LogP contribution in [0.3, 0.4) is 0 Å². The highest BCUT2D eigenvalue weighted by Crippen LogP contribution is 2.32. The molecule has 7 nitrogen and oxygen atoms in total. The maximum Gasteiger partial charge on any atom is 0.269 e. The summed E-state index contributed by atoms with van der Waals surface area (Å²) in [5, 5.41) is 11.9. The van der Waals surface area contributed by atoms with Crippen LogP contribution in [-0.4, -0.2) is 24.5 Å². The molecule has 0 saturated carbocycles. The first kappa shape index (κ1) is 20.8. The minimum absolute atomic E-state index is 0.0113. The van der Waals surface area contributed by atoms with Crippen LogP contribution < -0.4 is 4.72 Å². The number of nitro groups is 1. The Morgan fingerprint density at radius 1 is 0.968 bits per heavy atom. The predicted molar refractivity (Wildman–Crippen MR) is 119 cm³/mol. The molecule has 8 heteroatoms. The summed E-state index contributed by atoms with van der Waals surface area (Å²) in [4.78, 5) is 10.3. The van der Waals surface area contributed by atoms with Crippen molar-refractivity contribution < 1.29 is 13.3 Å². The maximum absolute atomic E-state index is 12.9. The minimum atomic E-state index is -3.84. The van der Waals surface area contributed by atoms with Gasteiger partial charge >= 0.3 is 0 Å². The van der Waals surface area contributed by atoms with Crippen molar-refractivity contribution in [3.05, 3.63) is 106 Å². The lowest BCUT2D eigenvalue weighted by Crippen LogP contribution is -2.29. The van der Waals surface area contributed by atoms with Crippen LogP contribution in [0.15, 0.2) is 90.0 Å². The molecule has 1 unspecified atom stereocenters. The van der Waals surface area contributed by atoms with Gasteiger partial charge in [0.15, 0.2) is 0 Å². The van der Waals surface area contributed by atoms with Crippen LogP contribution in [0.1, 0.15) is 17.0 Å². The summed E-state index contributed by atoms with van der Waals surface area (Å²) in [6.45, 7) is 0.150. The van der Waals surface area contributed by atoms with Gasteiger partial charge in [-0.3, -0.25) is 10.1 Å². The van der Waals surface area contributed by atoms with Gasteiger partial charge in [-0.05, 0) is 29.3 Å². The molecule has 4 aromatic rings. The Kier molecular flexibility index (Phi) is 5.58. The van der Waals surface area contributed by atoms with Gasteiger partial charge in [0.25, 0.3) is 5.69 Å². The molecule has 1 atom stereocenters. The highest BCUT2D eigenvalue weighted by atomic mass is 32.2. The van der Waals surface area contributed by atoms with E-state index in [0.29, 0.717) is 0 Å². The monoisotopic (exact) mass is 435 g/mol. The van der Waals surface area contributed by atoms with Gasteiger partial charge in [0, 0.05) is 48.7 Å². The zero-order valence-electron chi connectivity index (χ0n) is 16.8. The van der Waals surface area contributed by atoms with Crippen molar-refractivity contribution in [1.29, 1.82) is 0 Å². The van der Waals surface area contributed by atoms with E-state index in [9.17, 15) is 18.5 Å². The molecule has 3 aromatic carbocycles. The van der Waals surface area contributed by atoms with Crippen molar-refractivity contribution in [2.24, 2.45) is 7.05 Å². The number of sulfonamides is 1. The smallest absolute Gasteiger partial charge is 0.269 e. The molecular weight excluding hydrogens is 414 g/mol. The standard InChI is InChI=1S/C23H21N3O4S/c1-25-16-22(20-9-5-6-10-23(20)25)21(17-7-3-2-4-8-17)15-24-31(29,30)19-13-11-18(12-14-19)26(27)28/h2-14,16,21,24H,15H2,1H3. The molecule has 158 valence electrons. The zero-order valence-corrected chi connectivity index (χ0v) is 17.6. The number of fused-ring (bicyclic) bond motifs is 1.